The topological polar surface area (TPSA) is 32.3 Å². The molecule has 0 saturated heterocycles. The summed E-state index contributed by atoms with van der Waals surface area (Å²) in [6, 6.07) is 0.613. The van der Waals surface area contributed by atoms with E-state index in [1.807, 2.05) is 0 Å². The van der Waals surface area contributed by atoms with Gasteiger partial charge in [-0.2, -0.15) is 0 Å². The van der Waals surface area contributed by atoms with Crippen molar-refractivity contribution >= 4 is 9.92 Å². The van der Waals surface area contributed by atoms with Gasteiger partial charge in [0.25, 0.3) is 0 Å². The van der Waals surface area contributed by atoms with Crippen molar-refractivity contribution in [3.05, 3.63) is 0 Å². The summed E-state index contributed by atoms with van der Waals surface area (Å²) in [6.07, 6.45) is 6.57. The molecule has 0 unspecified atom stereocenters. The fraction of sp³-hybridized carbons (Fsp3) is 1.00. The van der Waals surface area contributed by atoms with E-state index < -0.39 is 0 Å². The van der Waals surface area contributed by atoms with E-state index in [-0.39, 0.29) is 9.92 Å². The quantitative estimate of drug-likeness (QED) is 0.550. The second-order valence-electron chi connectivity index (χ2n) is 2.59. The van der Waals surface area contributed by atoms with Crippen LogP contribution in [-0.4, -0.2) is 20.8 Å². The van der Waals surface area contributed by atoms with Gasteiger partial charge in [-0.3, -0.25) is 0 Å². The number of rotatable bonds is 2. The Bertz CT molecular complexity index is 70.7. The number of hydrogen-bond acceptors (Lipinski definition) is 2. The van der Waals surface area contributed by atoms with Gasteiger partial charge in [-0.15, -0.1) is 0 Å². The van der Waals surface area contributed by atoms with Crippen molar-refractivity contribution in [3.8, 4) is 0 Å². The average Bonchev–Trinajstić information content (AvgIpc) is 1.91. The lowest BCUT2D eigenvalue weighted by molar-refractivity contribution is 0.405. The summed E-state index contributed by atoms with van der Waals surface area (Å²) in [5.41, 5.74) is 0. The molecule has 0 atom stereocenters. The minimum Gasteiger partial charge on any atom is -0.419 e. The fourth-order valence-corrected chi connectivity index (χ4v) is 1.81. The largest absolute Gasteiger partial charge is 0.419 e. The normalized spacial score (nSPS) is 22.3. The van der Waals surface area contributed by atoms with Gasteiger partial charge in [-0.1, -0.05) is 19.3 Å². The van der Waals surface area contributed by atoms with Crippen molar-refractivity contribution in [2.45, 2.75) is 38.1 Å². The molecule has 0 aromatic rings. The van der Waals surface area contributed by atoms with Crippen molar-refractivity contribution in [1.29, 1.82) is 0 Å². The van der Waals surface area contributed by atoms with Crippen molar-refractivity contribution in [2.75, 3.05) is 0 Å². The molecule has 2 nitrogen and oxygen atoms in total. The predicted octanol–water partition coefficient (Wildman–Crippen LogP) is 0.435. The maximum absolute atomic E-state index is 8.54. The maximum atomic E-state index is 8.54. The van der Waals surface area contributed by atoms with Crippen LogP contribution < -0.4 is 4.98 Å². The van der Waals surface area contributed by atoms with E-state index in [4.69, 9.17) is 4.80 Å². The minimum absolute atomic E-state index is 0.0614. The first-order chi connectivity index (χ1) is 4.43. The molecule has 0 aliphatic heterocycles. The molecule has 0 aromatic heterocycles. The van der Waals surface area contributed by atoms with Crippen LogP contribution in [0, 0.1) is 0 Å². The molecular weight excluding hydrogens is 130 g/mol. The molecule has 1 aliphatic rings. The summed E-state index contributed by atoms with van der Waals surface area (Å²) >= 11 is 0. The van der Waals surface area contributed by atoms with Crippen LogP contribution in [0.25, 0.3) is 0 Å². The Kier molecular flexibility index (Phi) is 3.25. The van der Waals surface area contributed by atoms with Crippen LogP contribution in [0.4, 0.5) is 0 Å². The van der Waals surface area contributed by atoms with E-state index in [9.17, 15) is 0 Å². The monoisotopic (exact) mass is 143 g/mol. The van der Waals surface area contributed by atoms with E-state index in [0.717, 1.165) is 0 Å². The SMILES string of the molecule is O[Si]NC1CCCCC1. The second kappa shape index (κ2) is 4.03. The first-order valence-electron chi connectivity index (χ1n) is 3.58. The Labute approximate surface area is 58.7 Å². The lowest BCUT2D eigenvalue weighted by atomic mass is 9.96. The van der Waals surface area contributed by atoms with Crippen LogP contribution in [-0.2, 0) is 0 Å². The molecule has 2 N–H and O–H groups in total. The summed E-state index contributed by atoms with van der Waals surface area (Å²) in [5, 5.41) is 0. The zero-order valence-corrected chi connectivity index (χ0v) is 6.56. The second-order valence-corrected chi connectivity index (χ2v) is 3.10. The molecule has 0 aromatic carbocycles. The van der Waals surface area contributed by atoms with Crippen molar-refractivity contribution in [3.63, 3.8) is 0 Å². The Morgan fingerprint density at radius 3 is 2.44 bits per heavy atom. The van der Waals surface area contributed by atoms with Gasteiger partial charge in [-0.05, 0) is 12.8 Å². The van der Waals surface area contributed by atoms with Gasteiger partial charge in [0, 0.05) is 6.04 Å². The Morgan fingerprint density at radius 2 is 1.89 bits per heavy atom. The Morgan fingerprint density at radius 1 is 1.22 bits per heavy atom. The molecule has 1 rings (SSSR count). The average molecular weight is 143 g/mol. The predicted molar refractivity (Wildman–Crippen MR) is 38.0 cm³/mol. The fourth-order valence-electron chi connectivity index (χ4n) is 1.34. The molecule has 0 spiro atoms. The first-order valence-corrected chi connectivity index (χ1v) is 4.53. The highest BCUT2D eigenvalue weighted by Gasteiger charge is 2.11. The third kappa shape index (κ3) is 2.47. The van der Waals surface area contributed by atoms with Crippen LogP contribution in [0.5, 0.6) is 0 Å². The zero-order valence-electron chi connectivity index (χ0n) is 5.56. The standard InChI is InChI=1S/C6H13NOSi/c8-9-7-6-4-2-1-3-5-6/h6-8H,1-5H2. The zero-order chi connectivity index (χ0) is 6.53. The lowest BCUT2D eigenvalue weighted by Crippen LogP contribution is -2.33. The number of nitrogens with one attached hydrogen (secondary N) is 1. The molecular formula is C6H13NOSi. The highest BCUT2D eigenvalue weighted by molar-refractivity contribution is 6.21. The van der Waals surface area contributed by atoms with E-state index in [0.29, 0.717) is 6.04 Å². The van der Waals surface area contributed by atoms with Gasteiger partial charge in [0.05, 0.1) is 0 Å². The molecule has 52 valence electrons. The van der Waals surface area contributed by atoms with Crippen LogP contribution in [0.3, 0.4) is 0 Å². The molecule has 1 fully saturated rings. The Hall–Kier alpha value is 0.137. The van der Waals surface area contributed by atoms with Crippen LogP contribution in [0.15, 0.2) is 0 Å². The summed E-state index contributed by atoms with van der Waals surface area (Å²) in [7, 11) is -0.0614. The highest BCUT2D eigenvalue weighted by atomic mass is 28.2. The molecule has 3 heteroatoms. The third-order valence-electron chi connectivity index (χ3n) is 1.87. The van der Waals surface area contributed by atoms with E-state index in [1.54, 1.807) is 0 Å². The summed E-state index contributed by atoms with van der Waals surface area (Å²) < 4.78 is 0. The van der Waals surface area contributed by atoms with Crippen LogP contribution in [0.2, 0.25) is 0 Å². The van der Waals surface area contributed by atoms with Crippen molar-refractivity contribution in [1.82, 2.24) is 4.98 Å². The van der Waals surface area contributed by atoms with Gasteiger partial charge in [0.15, 0.2) is 0 Å². The molecule has 2 radical (unpaired) electrons. The van der Waals surface area contributed by atoms with Crippen molar-refractivity contribution in [2.24, 2.45) is 0 Å². The highest BCUT2D eigenvalue weighted by Crippen LogP contribution is 2.16. The molecule has 0 bridgehead atoms. The Balaban J connectivity index is 2.08. The molecule has 0 heterocycles. The molecule has 0 amide bonds. The van der Waals surface area contributed by atoms with Gasteiger partial charge in [0.2, 0.25) is 0 Å². The summed E-state index contributed by atoms with van der Waals surface area (Å²) in [5.74, 6) is 0. The molecule has 1 aliphatic carbocycles. The van der Waals surface area contributed by atoms with Gasteiger partial charge in [0.1, 0.15) is 0 Å². The van der Waals surface area contributed by atoms with Crippen LogP contribution in [0.1, 0.15) is 32.1 Å². The van der Waals surface area contributed by atoms with Gasteiger partial charge in [-0.25, -0.2) is 0 Å². The van der Waals surface area contributed by atoms with Crippen LogP contribution >= 0.6 is 0 Å². The summed E-state index contributed by atoms with van der Waals surface area (Å²) in [6.45, 7) is 0. The molecule has 1 saturated carbocycles. The lowest BCUT2D eigenvalue weighted by Gasteiger charge is -2.20. The number of hydrogen-bond donors (Lipinski definition) is 2. The van der Waals surface area contributed by atoms with E-state index in [2.05, 4.69) is 4.98 Å². The maximum Gasteiger partial charge on any atom is 0.334 e. The first kappa shape index (κ1) is 7.25. The smallest absolute Gasteiger partial charge is 0.334 e. The molecule has 9 heavy (non-hydrogen) atoms. The van der Waals surface area contributed by atoms with Crippen molar-refractivity contribution < 1.29 is 4.80 Å². The summed E-state index contributed by atoms with van der Waals surface area (Å²) in [4.78, 5) is 11.6. The van der Waals surface area contributed by atoms with Gasteiger partial charge >= 0.3 is 9.92 Å². The van der Waals surface area contributed by atoms with Gasteiger partial charge < -0.3 is 9.78 Å². The minimum atomic E-state index is -0.0614. The van der Waals surface area contributed by atoms with E-state index in [1.165, 1.54) is 32.1 Å². The van der Waals surface area contributed by atoms with E-state index >= 15 is 0 Å². The third-order valence-corrected chi connectivity index (χ3v) is 2.41.